The molecule has 0 spiro atoms. The summed E-state index contributed by atoms with van der Waals surface area (Å²) in [4.78, 5) is 50.9. The molecule has 4 rings (SSSR count). The fourth-order valence-corrected chi connectivity index (χ4v) is 7.85. The van der Waals surface area contributed by atoms with Crippen molar-refractivity contribution in [2.45, 2.75) is 71.4 Å². The van der Waals surface area contributed by atoms with Crippen molar-refractivity contribution in [3.05, 3.63) is 83.9 Å². The van der Waals surface area contributed by atoms with Crippen LogP contribution in [0.3, 0.4) is 0 Å². The summed E-state index contributed by atoms with van der Waals surface area (Å²) in [5.74, 6) is 2.72. The zero-order valence-electron chi connectivity index (χ0n) is 46.8. The second-order valence-electron chi connectivity index (χ2n) is 18.1. The monoisotopic (exact) mass is 1140 g/mol. The van der Waals surface area contributed by atoms with E-state index in [1.165, 1.54) is 0 Å². The lowest BCUT2D eigenvalue weighted by Crippen LogP contribution is -2.24. The van der Waals surface area contributed by atoms with E-state index < -0.39 is 0 Å². The van der Waals surface area contributed by atoms with Gasteiger partial charge in [-0.3, -0.25) is 39.5 Å². The Morgan fingerprint density at radius 2 is 0.732 bits per heavy atom. The predicted molar refractivity (Wildman–Crippen MR) is 323 cm³/mol. The molecule has 24 N–H and O–H groups in total. The van der Waals surface area contributed by atoms with Crippen molar-refractivity contribution in [2.75, 3.05) is 78.9 Å². The quantitative estimate of drug-likeness (QED) is 0.0169. The van der Waals surface area contributed by atoms with Crippen LogP contribution in [0.5, 0.6) is 34.5 Å². The highest BCUT2D eigenvalue weighted by Gasteiger charge is 2.20. The number of benzene rings is 4. The van der Waals surface area contributed by atoms with E-state index in [0.717, 1.165) is 30.4 Å². The van der Waals surface area contributed by atoms with Gasteiger partial charge in [0.05, 0.1) is 45.1 Å². The van der Waals surface area contributed by atoms with Crippen LogP contribution in [0.4, 0.5) is 0 Å². The van der Waals surface area contributed by atoms with E-state index in [-0.39, 0.29) is 127 Å². The van der Waals surface area contributed by atoms with Crippen molar-refractivity contribution in [1.29, 1.82) is 0 Å². The van der Waals surface area contributed by atoms with Crippen LogP contribution < -0.4 is 102 Å². The molecule has 0 heterocycles. The minimum absolute atomic E-state index is 0.0505. The number of guanidine groups is 5. The number of nitrogens with one attached hydrogen (secondary N) is 2. The normalized spacial score (nSPS) is 10.8. The molecule has 0 unspecified atom stereocenters. The number of aliphatic imine (C=N–C) groups is 6. The van der Waals surface area contributed by atoms with E-state index in [4.69, 9.17) is 91.5 Å². The first-order chi connectivity index (χ1) is 39.5. The lowest BCUT2D eigenvalue weighted by molar-refractivity contribution is -0.122. The summed E-state index contributed by atoms with van der Waals surface area (Å²) in [6.07, 6.45) is 4.93. The number of rotatable bonds is 39. The van der Waals surface area contributed by atoms with Gasteiger partial charge in [-0.05, 0) is 66.8 Å². The smallest absolute Gasteiger partial charge is 0.220 e. The summed E-state index contributed by atoms with van der Waals surface area (Å²) in [6, 6.07) is 22.1. The summed E-state index contributed by atoms with van der Waals surface area (Å²) in [6.45, 7) is 4.87. The molecule has 4 aromatic rings. The average Bonchev–Trinajstić information content (AvgIpc) is 3.59. The Bertz CT molecular complexity index is 2820. The Morgan fingerprint density at radius 3 is 1.09 bits per heavy atom. The number of amidine groups is 1. The Kier molecular flexibility index (Phi) is 29.0. The molecule has 0 bridgehead atoms. The van der Waals surface area contributed by atoms with E-state index in [1.54, 1.807) is 18.2 Å². The summed E-state index contributed by atoms with van der Waals surface area (Å²) in [7, 11) is 0. The van der Waals surface area contributed by atoms with Crippen LogP contribution in [0.1, 0.15) is 69.4 Å². The molecule has 446 valence electrons. The molecule has 0 aliphatic heterocycles. The number of nitrogens with zero attached hydrogens (tertiary/aromatic N) is 6. The average molecular weight is 1140 g/mol. The number of para-hydroxylation sites is 2. The number of hydrogen-bond donors (Lipinski definition) is 13. The first-order valence-electron chi connectivity index (χ1n) is 26.9. The van der Waals surface area contributed by atoms with Crippen molar-refractivity contribution in [3.8, 4) is 56.8 Å². The van der Waals surface area contributed by atoms with Crippen LogP contribution in [0.2, 0.25) is 0 Å². The van der Waals surface area contributed by atoms with E-state index in [1.807, 2.05) is 61.5 Å². The van der Waals surface area contributed by atoms with Crippen molar-refractivity contribution >= 4 is 47.4 Å². The number of unbranched alkanes of at least 4 members (excludes halogenated alkanes) is 3. The summed E-state index contributed by atoms with van der Waals surface area (Å²) < 4.78 is 37.1. The van der Waals surface area contributed by atoms with Crippen LogP contribution in [0, 0.1) is 0 Å². The molecule has 4 aromatic carbocycles. The molecular formula is C55H83N19O8. The standard InChI is InChI=1S/C55H83N19O8/c1-2-9-46(56)67-20-30-81-49-38(10-7-12-44(49)79-28-23-70-53(61)62)40-32-36(16-18-42(40)77-26-21-68-51(57)58)34-73-47(75)14-5-3-4-6-15-48(76)74-35-37-17-19-43(78-27-22-69-52(59)60)41(33-37)39-11-8-13-45(80-29-24-71-54(63)64)50(39)82-31-25-72-55(65)66/h7-8,10-13,16-19,32-33H,2-6,9,14-15,20-31,34-35H2,1H3,(H2,56,67)(H,73,75)(H,74,76)(H4,57,58,68)(H4,59,60,69)(H4,61,62,70)(H4,63,64,71)(H4,65,66,72). The van der Waals surface area contributed by atoms with Crippen molar-refractivity contribution in [2.24, 2.45) is 93.0 Å². The maximum Gasteiger partial charge on any atom is 0.220 e. The maximum atomic E-state index is 13.2. The molecule has 82 heavy (non-hydrogen) atoms. The highest BCUT2D eigenvalue weighted by Crippen LogP contribution is 2.44. The van der Waals surface area contributed by atoms with Gasteiger partial charge in [0.25, 0.3) is 0 Å². The van der Waals surface area contributed by atoms with E-state index in [9.17, 15) is 9.59 Å². The maximum absolute atomic E-state index is 13.2. The molecule has 0 aromatic heterocycles. The van der Waals surface area contributed by atoms with Crippen LogP contribution in [0.25, 0.3) is 22.3 Å². The number of nitrogens with two attached hydrogens (primary N) is 11. The molecule has 0 aliphatic carbocycles. The SMILES string of the molecule is CCCC(N)=NCCOc1c(OCCN=C(N)N)cccc1-c1cc(CNC(=O)CCCCCCC(=O)NCc2ccc(OCCN=C(N)N)c(-c3cccc(OCCN=C(N)N)c3OCCN=C(N)N)c2)ccc1OCCN=C(N)N. The third-order valence-electron chi connectivity index (χ3n) is 11.5. The highest BCUT2D eigenvalue weighted by atomic mass is 16.5. The van der Waals surface area contributed by atoms with Gasteiger partial charge in [-0.2, -0.15) is 0 Å². The Balaban J connectivity index is 1.39. The van der Waals surface area contributed by atoms with Gasteiger partial charge in [0.15, 0.2) is 52.8 Å². The minimum atomic E-state index is -0.121. The second-order valence-corrected chi connectivity index (χ2v) is 18.1. The zero-order chi connectivity index (χ0) is 59.5. The van der Waals surface area contributed by atoms with Crippen LogP contribution in [0.15, 0.2) is 103 Å². The molecule has 2 amide bonds. The number of hydrogen-bond acceptors (Lipinski definition) is 14. The molecule has 0 atom stereocenters. The molecule has 27 nitrogen and oxygen atoms in total. The zero-order valence-corrected chi connectivity index (χ0v) is 46.8. The van der Waals surface area contributed by atoms with E-state index in [2.05, 4.69) is 40.6 Å². The molecule has 27 heteroatoms. The van der Waals surface area contributed by atoms with Crippen molar-refractivity contribution in [1.82, 2.24) is 10.6 Å². The summed E-state index contributed by atoms with van der Waals surface area (Å²) >= 11 is 0. The molecular weight excluding hydrogens is 1050 g/mol. The Labute approximate surface area is 478 Å². The van der Waals surface area contributed by atoms with Gasteiger partial charge in [0.1, 0.15) is 51.1 Å². The third kappa shape index (κ3) is 25.1. The molecule has 0 radical (unpaired) electrons. The van der Waals surface area contributed by atoms with Gasteiger partial charge < -0.3 is 102 Å². The lowest BCUT2D eigenvalue weighted by Gasteiger charge is -2.19. The van der Waals surface area contributed by atoms with Crippen LogP contribution in [-0.2, 0) is 22.7 Å². The fraction of sp³-hybridized carbons (Fsp3) is 0.418. The first-order valence-corrected chi connectivity index (χ1v) is 26.9. The fourth-order valence-electron chi connectivity index (χ4n) is 7.85. The van der Waals surface area contributed by atoms with Crippen molar-refractivity contribution < 1.29 is 38.0 Å². The molecule has 0 saturated carbocycles. The lowest BCUT2D eigenvalue weighted by atomic mass is 10.00. The topological polar surface area (TPSA) is 474 Å². The number of carbonyl (C=O) groups is 2. The Hall–Kier alpha value is -9.56. The van der Waals surface area contributed by atoms with Crippen LogP contribution >= 0.6 is 0 Å². The largest absolute Gasteiger partial charge is 0.491 e. The highest BCUT2D eigenvalue weighted by molar-refractivity contribution is 5.82. The number of carbonyl (C=O) groups excluding carboxylic acids is 2. The second kappa shape index (κ2) is 36.6. The van der Waals surface area contributed by atoms with Gasteiger partial charge in [0, 0.05) is 54.6 Å². The molecule has 0 saturated heterocycles. The summed E-state index contributed by atoms with van der Waals surface area (Å²) in [5, 5.41) is 6.06. The third-order valence-corrected chi connectivity index (χ3v) is 11.5. The molecule has 0 fully saturated rings. The van der Waals surface area contributed by atoms with Gasteiger partial charge in [-0.1, -0.05) is 56.2 Å². The van der Waals surface area contributed by atoms with E-state index in [0.29, 0.717) is 101 Å². The van der Waals surface area contributed by atoms with Gasteiger partial charge in [-0.15, -0.1) is 0 Å². The minimum Gasteiger partial charge on any atom is -0.491 e. The van der Waals surface area contributed by atoms with Crippen molar-refractivity contribution in [3.63, 3.8) is 0 Å². The number of ether oxygens (including phenoxy) is 6. The van der Waals surface area contributed by atoms with E-state index >= 15 is 0 Å². The summed E-state index contributed by atoms with van der Waals surface area (Å²) in [5.41, 5.74) is 65.6. The molecule has 0 aliphatic rings. The first kappa shape index (κ1) is 65.0. The van der Waals surface area contributed by atoms with Crippen LogP contribution in [-0.4, -0.2) is 126 Å². The van der Waals surface area contributed by atoms with Gasteiger partial charge >= 0.3 is 0 Å². The number of amides is 2. The Morgan fingerprint density at radius 1 is 0.390 bits per heavy atom. The predicted octanol–water partition coefficient (Wildman–Crippen LogP) is 1.09. The van der Waals surface area contributed by atoms with Gasteiger partial charge in [0.2, 0.25) is 11.8 Å². The van der Waals surface area contributed by atoms with Gasteiger partial charge in [-0.25, -0.2) is 0 Å².